The summed E-state index contributed by atoms with van der Waals surface area (Å²) in [5, 5.41) is 3.21. The molecule has 0 radical (unpaired) electrons. The van der Waals surface area contributed by atoms with E-state index in [4.69, 9.17) is 9.15 Å². The molecule has 0 aromatic carbocycles. The third-order valence-corrected chi connectivity index (χ3v) is 2.06. The van der Waals surface area contributed by atoms with Crippen LogP contribution in [0.3, 0.4) is 0 Å². The number of nitrogens with one attached hydrogen (secondary N) is 1. The molecule has 1 rings (SSSR count). The van der Waals surface area contributed by atoms with Gasteiger partial charge in [0.05, 0.1) is 18.8 Å². The fourth-order valence-corrected chi connectivity index (χ4v) is 1.06. The SMILES string of the molecule is CCc1cnc(CNCC(C)OC)o1. The molecule has 4 heteroatoms. The van der Waals surface area contributed by atoms with Crippen molar-refractivity contribution in [3.05, 3.63) is 17.8 Å². The third-order valence-electron chi connectivity index (χ3n) is 2.06. The molecule has 1 atom stereocenters. The van der Waals surface area contributed by atoms with E-state index in [0.717, 1.165) is 24.6 Å². The molecule has 0 saturated carbocycles. The van der Waals surface area contributed by atoms with Crippen LogP contribution >= 0.6 is 0 Å². The number of hydrogen-bond acceptors (Lipinski definition) is 4. The van der Waals surface area contributed by atoms with Crippen molar-refractivity contribution in [3.8, 4) is 0 Å². The number of hydrogen-bond donors (Lipinski definition) is 1. The molecule has 1 aromatic heterocycles. The van der Waals surface area contributed by atoms with Gasteiger partial charge in [-0.15, -0.1) is 0 Å². The summed E-state index contributed by atoms with van der Waals surface area (Å²) in [4.78, 5) is 4.14. The molecule has 4 nitrogen and oxygen atoms in total. The summed E-state index contributed by atoms with van der Waals surface area (Å²) in [5.41, 5.74) is 0. The van der Waals surface area contributed by atoms with Crippen LogP contribution in [-0.4, -0.2) is 24.7 Å². The summed E-state index contributed by atoms with van der Waals surface area (Å²) in [6.07, 6.45) is 2.88. The van der Waals surface area contributed by atoms with Crippen molar-refractivity contribution in [2.45, 2.75) is 32.9 Å². The van der Waals surface area contributed by atoms with Crippen molar-refractivity contribution in [1.82, 2.24) is 10.3 Å². The summed E-state index contributed by atoms with van der Waals surface area (Å²) in [7, 11) is 1.70. The van der Waals surface area contributed by atoms with Gasteiger partial charge in [0.25, 0.3) is 0 Å². The van der Waals surface area contributed by atoms with Gasteiger partial charge < -0.3 is 14.5 Å². The molecule has 80 valence electrons. The Bertz CT molecular complexity index is 260. The molecule has 0 aliphatic heterocycles. The average Bonchev–Trinajstić information content (AvgIpc) is 2.65. The zero-order valence-electron chi connectivity index (χ0n) is 9.04. The number of rotatable bonds is 6. The predicted molar refractivity (Wildman–Crippen MR) is 54.1 cm³/mol. The molecule has 1 heterocycles. The van der Waals surface area contributed by atoms with Crippen LogP contribution in [0, 0.1) is 0 Å². The number of ether oxygens (including phenoxy) is 1. The Morgan fingerprint density at radius 2 is 2.43 bits per heavy atom. The minimum Gasteiger partial charge on any atom is -0.444 e. The van der Waals surface area contributed by atoms with Gasteiger partial charge in [0.2, 0.25) is 5.89 Å². The second-order valence-corrected chi connectivity index (χ2v) is 3.25. The van der Waals surface area contributed by atoms with Crippen molar-refractivity contribution in [1.29, 1.82) is 0 Å². The Kier molecular flexibility index (Phi) is 4.62. The maximum absolute atomic E-state index is 5.43. The summed E-state index contributed by atoms with van der Waals surface area (Å²) < 4.78 is 10.5. The summed E-state index contributed by atoms with van der Waals surface area (Å²) in [5.74, 6) is 1.67. The van der Waals surface area contributed by atoms with Crippen molar-refractivity contribution in [2.24, 2.45) is 0 Å². The molecule has 0 aliphatic carbocycles. The van der Waals surface area contributed by atoms with E-state index >= 15 is 0 Å². The molecular weight excluding hydrogens is 180 g/mol. The molecular formula is C10H18N2O2. The standard InChI is InChI=1S/C10H18N2O2/c1-4-9-6-12-10(14-9)7-11-5-8(2)13-3/h6,8,11H,4-5,7H2,1-3H3. The number of methoxy groups -OCH3 is 1. The smallest absolute Gasteiger partial charge is 0.208 e. The van der Waals surface area contributed by atoms with Gasteiger partial charge in [0.1, 0.15) is 5.76 Å². The van der Waals surface area contributed by atoms with Gasteiger partial charge >= 0.3 is 0 Å². The van der Waals surface area contributed by atoms with Crippen LogP contribution < -0.4 is 5.32 Å². The minimum atomic E-state index is 0.218. The molecule has 1 N–H and O–H groups in total. The molecule has 0 amide bonds. The van der Waals surface area contributed by atoms with Crippen LogP contribution in [0.4, 0.5) is 0 Å². The minimum absolute atomic E-state index is 0.218. The van der Waals surface area contributed by atoms with Crippen molar-refractivity contribution >= 4 is 0 Å². The van der Waals surface area contributed by atoms with Crippen LogP contribution in [0.25, 0.3) is 0 Å². The summed E-state index contributed by atoms with van der Waals surface area (Å²) >= 11 is 0. The van der Waals surface area contributed by atoms with E-state index in [9.17, 15) is 0 Å². The fourth-order valence-electron chi connectivity index (χ4n) is 1.06. The Hall–Kier alpha value is -0.870. The number of nitrogens with zero attached hydrogens (tertiary/aromatic N) is 1. The van der Waals surface area contributed by atoms with E-state index < -0.39 is 0 Å². The van der Waals surface area contributed by atoms with E-state index in [-0.39, 0.29) is 6.10 Å². The highest BCUT2D eigenvalue weighted by Crippen LogP contribution is 2.03. The second-order valence-electron chi connectivity index (χ2n) is 3.25. The van der Waals surface area contributed by atoms with Crippen molar-refractivity contribution in [3.63, 3.8) is 0 Å². The summed E-state index contributed by atoms with van der Waals surface area (Å²) in [6.45, 7) is 5.53. The molecule has 1 unspecified atom stereocenters. The van der Waals surface area contributed by atoms with Gasteiger partial charge in [-0.05, 0) is 6.92 Å². The zero-order valence-corrected chi connectivity index (χ0v) is 9.04. The van der Waals surface area contributed by atoms with Gasteiger partial charge in [0.15, 0.2) is 0 Å². The Labute approximate surface area is 84.7 Å². The second kappa shape index (κ2) is 5.78. The maximum atomic E-state index is 5.43. The molecule has 0 fully saturated rings. The zero-order chi connectivity index (χ0) is 10.4. The Balaban J connectivity index is 2.24. The van der Waals surface area contributed by atoms with Gasteiger partial charge in [0, 0.05) is 20.1 Å². The largest absolute Gasteiger partial charge is 0.444 e. The lowest BCUT2D eigenvalue weighted by molar-refractivity contribution is 0.116. The Morgan fingerprint density at radius 3 is 3.00 bits per heavy atom. The fraction of sp³-hybridized carbons (Fsp3) is 0.700. The molecule has 0 aliphatic rings. The van der Waals surface area contributed by atoms with Crippen LogP contribution in [0.2, 0.25) is 0 Å². The first-order valence-corrected chi connectivity index (χ1v) is 4.93. The molecule has 14 heavy (non-hydrogen) atoms. The lowest BCUT2D eigenvalue weighted by Gasteiger charge is -2.08. The van der Waals surface area contributed by atoms with Crippen LogP contribution in [0.15, 0.2) is 10.6 Å². The predicted octanol–water partition coefficient (Wildman–Crippen LogP) is 1.36. The molecule has 1 aromatic rings. The van der Waals surface area contributed by atoms with Gasteiger partial charge in [-0.3, -0.25) is 0 Å². The van der Waals surface area contributed by atoms with Crippen molar-refractivity contribution in [2.75, 3.05) is 13.7 Å². The molecule has 0 bridgehead atoms. The molecule has 0 spiro atoms. The van der Waals surface area contributed by atoms with E-state index in [1.165, 1.54) is 0 Å². The average molecular weight is 198 g/mol. The quantitative estimate of drug-likeness (QED) is 0.749. The monoisotopic (exact) mass is 198 g/mol. The summed E-state index contributed by atoms with van der Waals surface area (Å²) in [6, 6.07) is 0. The van der Waals surface area contributed by atoms with Crippen LogP contribution in [0.1, 0.15) is 25.5 Å². The van der Waals surface area contributed by atoms with E-state index in [0.29, 0.717) is 6.54 Å². The topological polar surface area (TPSA) is 47.3 Å². The lowest BCUT2D eigenvalue weighted by Crippen LogP contribution is -2.25. The van der Waals surface area contributed by atoms with Crippen LogP contribution in [-0.2, 0) is 17.7 Å². The third kappa shape index (κ3) is 3.47. The number of aryl methyl sites for hydroxylation is 1. The Morgan fingerprint density at radius 1 is 1.64 bits per heavy atom. The van der Waals surface area contributed by atoms with Gasteiger partial charge in [-0.2, -0.15) is 0 Å². The first-order valence-electron chi connectivity index (χ1n) is 4.93. The molecule has 0 saturated heterocycles. The van der Waals surface area contributed by atoms with E-state index in [2.05, 4.69) is 10.3 Å². The first-order chi connectivity index (χ1) is 6.76. The van der Waals surface area contributed by atoms with E-state index in [1.54, 1.807) is 13.3 Å². The maximum Gasteiger partial charge on any atom is 0.208 e. The number of oxazole rings is 1. The van der Waals surface area contributed by atoms with Gasteiger partial charge in [-0.1, -0.05) is 6.92 Å². The highest BCUT2D eigenvalue weighted by atomic mass is 16.5. The highest BCUT2D eigenvalue weighted by Gasteiger charge is 2.03. The van der Waals surface area contributed by atoms with Gasteiger partial charge in [-0.25, -0.2) is 4.98 Å². The van der Waals surface area contributed by atoms with Crippen molar-refractivity contribution < 1.29 is 9.15 Å². The van der Waals surface area contributed by atoms with Crippen LogP contribution in [0.5, 0.6) is 0 Å². The first kappa shape index (κ1) is 11.2. The lowest BCUT2D eigenvalue weighted by atomic mass is 10.4. The highest BCUT2D eigenvalue weighted by molar-refractivity contribution is 4.93. The normalized spacial score (nSPS) is 13.1. The number of aromatic nitrogens is 1. The van der Waals surface area contributed by atoms with E-state index in [1.807, 2.05) is 13.8 Å².